The van der Waals surface area contributed by atoms with E-state index in [-0.39, 0.29) is 29.7 Å². The number of amides is 4. The number of aryl methyl sites for hydroxylation is 1. The van der Waals surface area contributed by atoms with E-state index in [1.54, 1.807) is 24.3 Å². The molecular formula is C29H27F3N4O4S. The van der Waals surface area contributed by atoms with Gasteiger partial charge in [-0.3, -0.25) is 14.5 Å². The fourth-order valence-electron chi connectivity index (χ4n) is 4.05. The number of nitrogens with zero attached hydrogens (tertiary/aromatic N) is 2. The third-order valence-corrected chi connectivity index (χ3v) is 6.94. The van der Waals surface area contributed by atoms with Gasteiger partial charge in [0, 0.05) is 17.8 Å². The van der Waals surface area contributed by atoms with Gasteiger partial charge in [-0.25, -0.2) is 4.79 Å². The number of halogens is 3. The lowest BCUT2D eigenvalue weighted by atomic mass is 9.99. The van der Waals surface area contributed by atoms with Crippen LogP contribution in [0, 0.1) is 6.92 Å². The Balaban J connectivity index is 1.36. The third-order valence-electron chi connectivity index (χ3n) is 6.02. The zero-order valence-corrected chi connectivity index (χ0v) is 23.2. The van der Waals surface area contributed by atoms with Crippen LogP contribution in [-0.2, 0) is 11.3 Å². The Bertz CT molecular complexity index is 1470. The zero-order valence-electron chi connectivity index (χ0n) is 22.4. The van der Waals surface area contributed by atoms with Crippen molar-refractivity contribution in [3.63, 3.8) is 0 Å². The summed E-state index contributed by atoms with van der Waals surface area (Å²) >= 11 is 1.20. The van der Waals surface area contributed by atoms with Crippen molar-refractivity contribution in [3.05, 3.63) is 89.0 Å². The third kappa shape index (κ3) is 7.88. The molecule has 1 fully saturated rings. The fourth-order valence-corrected chi connectivity index (χ4v) is 4.91. The number of alkyl halides is 3. The first-order chi connectivity index (χ1) is 19.4. The number of carbonyl (C=O) groups is 3. The van der Waals surface area contributed by atoms with E-state index in [1.807, 2.05) is 39.0 Å². The van der Waals surface area contributed by atoms with Crippen molar-refractivity contribution < 1.29 is 32.3 Å². The van der Waals surface area contributed by atoms with Crippen LogP contribution in [0.4, 0.5) is 29.3 Å². The van der Waals surface area contributed by atoms with E-state index in [0.717, 1.165) is 34.5 Å². The second-order valence-corrected chi connectivity index (χ2v) is 10.5. The lowest BCUT2D eigenvalue weighted by Gasteiger charge is -2.22. The minimum atomic E-state index is -4.81. The van der Waals surface area contributed by atoms with Gasteiger partial charge in [-0.2, -0.15) is 4.99 Å². The Hall–Kier alpha value is -4.32. The van der Waals surface area contributed by atoms with Gasteiger partial charge >= 0.3 is 12.4 Å². The number of hydrogen-bond donors (Lipinski definition) is 2. The summed E-state index contributed by atoms with van der Waals surface area (Å²) in [6.07, 6.45) is -4.81. The number of ether oxygens (including phenoxy) is 1. The first-order valence-electron chi connectivity index (χ1n) is 12.6. The fraction of sp³-hybridized carbons (Fsp3) is 0.241. The van der Waals surface area contributed by atoms with Crippen LogP contribution < -0.4 is 20.3 Å². The van der Waals surface area contributed by atoms with Crippen molar-refractivity contribution in [3.8, 4) is 5.75 Å². The minimum Gasteiger partial charge on any atom is -0.406 e. The number of benzene rings is 3. The van der Waals surface area contributed by atoms with Gasteiger partial charge in [0.2, 0.25) is 5.91 Å². The highest BCUT2D eigenvalue weighted by Gasteiger charge is 2.33. The quantitative estimate of drug-likeness (QED) is 0.325. The van der Waals surface area contributed by atoms with E-state index in [9.17, 15) is 27.6 Å². The van der Waals surface area contributed by atoms with Gasteiger partial charge < -0.3 is 15.4 Å². The molecule has 4 rings (SSSR count). The van der Waals surface area contributed by atoms with E-state index in [4.69, 9.17) is 0 Å². The molecule has 8 nitrogen and oxygen atoms in total. The highest BCUT2D eigenvalue weighted by atomic mass is 32.2. The van der Waals surface area contributed by atoms with Crippen LogP contribution in [0.5, 0.6) is 5.75 Å². The summed E-state index contributed by atoms with van der Waals surface area (Å²) in [6.45, 7) is 6.16. The smallest absolute Gasteiger partial charge is 0.406 e. The average molecular weight is 585 g/mol. The number of rotatable bonds is 7. The van der Waals surface area contributed by atoms with Crippen molar-refractivity contribution in [2.45, 2.75) is 39.6 Å². The lowest BCUT2D eigenvalue weighted by molar-refractivity contribution is -0.274. The maximum absolute atomic E-state index is 12.7. The number of nitrogens with one attached hydrogen (secondary N) is 2. The topological polar surface area (TPSA) is 100 Å². The molecular weight excluding hydrogens is 557 g/mol. The predicted octanol–water partition coefficient (Wildman–Crippen LogP) is 6.61. The molecule has 0 aliphatic carbocycles. The summed E-state index contributed by atoms with van der Waals surface area (Å²) in [5.41, 5.74) is 4.05. The molecule has 0 unspecified atom stereocenters. The molecule has 3 aromatic rings. The largest absolute Gasteiger partial charge is 0.573 e. The predicted molar refractivity (Wildman–Crippen MR) is 152 cm³/mol. The number of aliphatic imine (C=N–C) groups is 1. The average Bonchev–Trinajstić information content (AvgIpc) is 3.26. The van der Waals surface area contributed by atoms with Gasteiger partial charge in [0.1, 0.15) is 5.75 Å². The van der Waals surface area contributed by atoms with E-state index < -0.39 is 24.1 Å². The molecule has 0 atom stereocenters. The van der Waals surface area contributed by atoms with Gasteiger partial charge in [-0.05, 0) is 72.0 Å². The molecule has 0 aromatic heterocycles. The second-order valence-electron chi connectivity index (χ2n) is 9.51. The maximum atomic E-state index is 12.7. The number of amidine groups is 1. The monoisotopic (exact) mass is 584 g/mol. The molecule has 4 amide bonds. The minimum absolute atomic E-state index is 0.147. The van der Waals surface area contributed by atoms with Crippen molar-refractivity contribution in [1.82, 2.24) is 5.32 Å². The number of carbonyl (C=O) groups excluding carboxylic acids is 3. The molecule has 0 bridgehead atoms. The van der Waals surface area contributed by atoms with Crippen molar-refractivity contribution in [2.75, 3.05) is 16.0 Å². The maximum Gasteiger partial charge on any atom is 0.573 e. The van der Waals surface area contributed by atoms with E-state index in [0.29, 0.717) is 10.9 Å². The van der Waals surface area contributed by atoms with E-state index in [1.165, 1.54) is 28.8 Å². The SMILES string of the molecule is Cc1ccc(C(C)C)c(N2C(=O)CSC2=NC(=O)Nc2ccc(CNC(=O)c3ccc(OC(F)(F)F)cc3)cc2)c1. The molecule has 0 saturated carbocycles. The first-order valence-corrected chi connectivity index (χ1v) is 13.6. The summed E-state index contributed by atoms with van der Waals surface area (Å²) in [5, 5.41) is 5.67. The molecule has 0 radical (unpaired) electrons. The normalized spacial score (nSPS) is 14.5. The molecule has 0 spiro atoms. The van der Waals surface area contributed by atoms with Gasteiger partial charge in [-0.1, -0.05) is 49.9 Å². The highest BCUT2D eigenvalue weighted by Crippen LogP contribution is 2.34. The second kappa shape index (κ2) is 12.5. The molecule has 41 heavy (non-hydrogen) atoms. The lowest BCUT2D eigenvalue weighted by Crippen LogP contribution is -2.31. The Morgan fingerprint density at radius 1 is 1.05 bits per heavy atom. The van der Waals surface area contributed by atoms with Gasteiger partial charge in [0.05, 0.1) is 11.4 Å². The Kier molecular flexibility index (Phi) is 9.01. The molecule has 214 valence electrons. The summed E-state index contributed by atoms with van der Waals surface area (Å²) in [5.74, 6) is -0.687. The number of hydrogen-bond acceptors (Lipinski definition) is 5. The van der Waals surface area contributed by atoms with E-state index in [2.05, 4.69) is 20.4 Å². The van der Waals surface area contributed by atoms with Crippen LogP contribution in [0.1, 0.15) is 46.8 Å². The Morgan fingerprint density at radius 2 is 1.73 bits per heavy atom. The van der Waals surface area contributed by atoms with Crippen LogP contribution in [0.15, 0.2) is 71.7 Å². The van der Waals surface area contributed by atoms with Crippen LogP contribution in [0.25, 0.3) is 0 Å². The summed E-state index contributed by atoms with van der Waals surface area (Å²) < 4.78 is 40.7. The molecule has 1 saturated heterocycles. The van der Waals surface area contributed by atoms with Crippen molar-refractivity contribution in [1.29, 1.82) is 0 Å². The molecule has 3 aromatic carbocycles. The van der Waals surface area contributed by atoms with Crippen molar-refractivity contribution >= 4 is 46.1 Å². The molecule has 1 aliphatic heterocycles. The van der Waals surface area contributed by atoms with Crippen LogP contribution in [0.3, 0.4) is 0 Å². The Morgan fingerprint density at radius 3 is 2.37 bits per heavy atom. The molecule has 2 N–H and O–H groups in total. The number of anilines is 2. The molecule has 12 heteroatoms. The molecule has 1 aliphatic rings. The Labute approximate surface area is 239 Å². The van der Waals surface area contributed by atoms with Crippen LogP contribution >= 0.6 is 11.8 Å². The standard InChI is InChI=1S/C29H27F3N4O4S/c1-17(2)23-13-4-18(3)14-24(23)36-25(37)16-41-28(36)35-27(39)34-21-9-5-19(6-10-21)15-33-26(38)20-7-11-22(12-8-20)40-29(30,31)32/h4-14,17H,15-16H2,1-3H3,(H,33,38)(H,34,39). The van der Waals surface area contributed by atoms with Crippen molar-refractivity contribution in [2.24, 2.45) is 4.99 Å². The van der Waals surface area contributed by atoms with E-state index >= 15 is 0 Å². The van der Waals surface area contributed by atoms with Crippen LogP contribution in [-0.4, -0.2) is 35.1 Å². The first kappa shape index (κ1) is 29.7. The molecule has 1 heterocycles. The zero-order chi connectivity index (χ0) is 29.7. The number of urea groups is 1. The van der Waals surface area contributed by atoms with Gasteiger partial charge in [0.15, 0.2) is 5.17 Å². The highest BCUT2D eigenvalue weighted by molar-refractivity contribution is 8.15. The van der Waals surface area contributed by atoms with Gasteiger partial charge in [-0.15, -0.1) is 13.2 Å². The van der Waals surface area contributed by atoms with Crippen LogP contribution in [0.2, 0.25) is 0 Å². The number of thioether (sulfide) groups is 1. The summed E-state index contributed by atoms with van der Waals surface area (Å²) in [4.78, 5) is 43.4. The summed E-state index contributed by atoms with van der Waals surface area (Å²) in [6, 6.07) is 16.5. The summed E-state index contributed by atoms with van der Waals surface area (Å²) in [7, 11) is 0. The van der Waals surface area contributed by atoms with Gasteiger partial charge in [0.25, 0.3) is 5.91 Å².